The first-order valence-corrected chi connectivity index (χ1v) is 14.5. The second-order valence-electron chi connectivity index (χ2n) is 9.52. The van der Waals surface area contributed by atoms with Crippen molar-refractivity contribution in [1.29, 1.82) is 0 Å². The zero-order chi connectivity index (χ0) is 26.4. The number of benzene rings is 2. The molecule has 0 saturated carbocycles. The second kappa shape index (κ2) is 9.85. The van der Waals surface area contributed by atoms with E-state index in [1.54, 1.807) is 6.07 Å². The fourth-order valence-electron chi connectivity index (χ4n) is 5.16. The topological polar surface area (TPSA) is 123 Å². The first-order chi connectivity index (χ1) is 18.3. The van der Waals surface area contributed by atoms with Crippen LogP contribution in [0.1, 0.15) is 19.3 Å². The molecule has 6 rings (SSSR count). The van der Waals surface area contributed by atoms with Gasteiger partial charge in [0.05, 0.1) is 10.4 Å². The first-order valence-electron chi connectivity index (χ1n) is 12.3. The number of rotatable bonds is 6. The molecule has 1 fully saturated rings. The number of aromatic nitrogens is 5. The number of hydrogen-bond acceptors (Lipinski definition) is 6. The Morgan fingerprint density at radius 1 is 1.05 bits per heavy atom. The van der Waals surface area contributed by atoms with Gasteiger partial charge in [0, 0.05) is 47.3 Å². The van der Waals surface area contributed by atoms with Crippen molar-refractivity contribution in [3.05, 3.63) is 65.0 Å². The smallest absolute Gasteiger partial charge is 0.244 e. The number of nitrogens with two attached hydrogens (primary N) is 1. The highest BCUT2D eigenvalue weighted by Crippen LogP contribution is 2.34. The molecule has 5 aromatic rings. The number of halogens is 2. The van der Waals surface area contributed by atoms with Crippen molar-refractivity contribution in [2.75, 3.05) is 18.8 Å². The number of piperidine rings is 1. The Hall–Kier alpha value is -3.18. The Labute approximate surface area is 229 Å². The van der Waals surface area contributed by atoms with Gasteiger partial charge in [-0.1, -0.05) is 29.3 Å². The molecule has 196 valence electrons. The van der Waals surface area contributed by atoms with Crippen LogP contribution in [0.5, 0.6) is 0 Å². The third kappa shape index (κ3) is 4.51. The maximum absolute atomic E-state index is 13.1. The minimum absolute atomic E-state index is 0.0904. The van der Waals surface area contributed by atoms with Gasteiger partial charge in [0.25, 0.3) is 0 Å². The number of nitrogens with one attached hydrogen (secondary N) is 1. The molecule has 0 spiro atoms. The van der Waals surface area contributed by atoms with E-state index in [-0.39, 0.29) is 9.92 Å². The molecule has 1 aliphatic heterocycles. The van der Waals surface area contributed by atoms with E-state index in [9.17, 15) is 8.42 Å². The van der Waals surface area contributed by atoms with Crippen molar-refractivity contribution in [2.24, 2.45) is 5.92 Å². The van der Waals surface area contributed by atoms with Crippen LogP contribution in [0.25, 0.3) is 33.2 Å². The van der Waals surface area contributed by atoms with E-state index >= 15 is 0 Å². The standard InChI is InChI=1S/C26H25Cl2N7O2S/c27-19-2-4-22(20(28)14-19)38(36,37)34-10-6-16(7-11-34)8-12-35-26-23(25(29)31-15-32-26)24(33-35)18-1-3-21-17(13-18)5-9-30-21/h1-5,9,13-16,30H,6-8,10-12H2,(H2,29,31,32). The van der Waals surface area contributed by atoms with Gasteiger partial charge in [-0.15, -0.1) is 0 Å². The van der Waals surface area contributed by atoms with Crippen molar-refractivity contribution in [3.8, 4) is 11.3 Å². The lowest BCUT2D eigenvalue weighted by atomic mass is 9.95. The monoisotopic (exact) mass is 569 g/mol. The van der Waals surface area contributed by atoms with Gasteiger partial charge in [0.1, 0.15) is 22.7 Å². The number of aryl methyl sites for hydroxylation is 1. The van der Waals surface area contributed by atoms with Crippen molar-refractivity contribution in [2.45, 2.75) is 30.7 Å². The van der Waals surface area contributed by atoms with Gasteiger partial charge >= 0.3 is 0 Å². The van der Waals surface area contributed by atoms with Gasteiger partial charge < -0.3 is 10.7 Å². The Morgan fingerprint density at radius 2 is 1.87 bits per heavy atom. The molecule has 1 saturated heterocycles. The van der Waals surface area contributed by atoms with E-state index < -0.39 is 10.0 Å². The van der Waals surface area contributed by atoms with E-state index in [1.165, 1.54) is 22.8 Å². The van der Waals surface area contributed by atoms with Gasteiger partial charge in [-0.25, -0.2) is 23.1 Å². The molecule has 0 atom stereocenters. The fourth-order valence-corrected chi connectivity index (χ4v) is 7.37. The third-order valence-corrected chi connectivity index (χ3v) is 9.84. The molecule has 0 unspecified atom stereocenters. The molecular formula is C26H25Cl2N7O2S. The Morgan fingerprint density at radius 3 is 2.66 bits per heavy atom. The molecule has 4 heterocycles. The van der Waals surface area contributed by atoms with Gasteiger partial charge in [-0.3, -0.25) is 0 Å². The number of H-pyrrole nitrogens is 1. The predicted octanol–water partition coefficient (Wildman–Crippen LogP) is 5.35. The van der Waals surface area contributed by atoms with Crippen LogP contribution in [0.2, 0.25) is 10.0 Å². The van der Waals surface area contributed by atoms with Crippen molar-refractivity contribution >= 4 is 61.0 Å². The van der Waals surface area contributed by atoms with Gasteiger partial charge in [0.2, 0.25) is 10.0 Å². The lowest BCUT2D eigenvalue weighted by Crippen LogP contribution is -2.38. The summed E-state index contributed by atoms with van der Waals surface area (Å²) in [5.74, 6) is 0.741. The summed E-state index contributed by atoms with van der Waals surface area (Å²) in [7, 11) is -3.68. The first kappa shape index (κ1) is 25.1. The second-order valence-corrected chi connectivity index (χ2v) is 12.3. The van der Waals surface area contributed by atoms with Crippen molar-refractivity contribution in [3.63, 3.8) is 0 Å². The highest BCUT2D eigenvalue weighted by Gasteiger charge is 2.31. The molecule has 0 aliphatic carbocycles. The lowest BCUT2D eigenvalue weighted by molar-refractivity contribution is 0.255. The number of sulfonamides is 1. The summed E-state index contributed by atoms with van der Waals surface area (Å²) in [5, 5.41) is 7.26. The maximum atomic E-state index is 13.1. The molecule has 12 heteroatoms. The summed E-state index contributed by atoms with van der Waals surface area (Å²) in [4.78, 5) is 12.0. The number of aromatic amines is 1. The molecule has 2 aromatic carbocycles. The fraction of sp³-hybridized carbons (Fsp3) is 0.269. The van der Waals surface area contributed by atoms with Crippen LogP contribution >= 0.6 is 23.2 Å². The van der Waals surface area contributed by atoms with Gasteiger partial charge in [-0.2, -0.15) is 9.40 Å². The van der Waals surface area contributed by atoms with Crippen LogP contribution in [0, 0.1) is 5.92 Å². The lowest BCUT2D eigenvalue weighted by Gasteiger charge is -2.31. The molecule has 0 amide bonds. The number of nitrogens with zero attached hydrogens (tertiary/aromatic N) is 5. The van der Waals surface area contributed by atoms with Crippen LogP contribution in [0.4, 0.5) is 5.82 Å². The average Bonchev–Trinajstić information content (AvgIpc) is 3.52. The molecule has 9 nitrogen and oxygen atoms in total. The minimum atomic E-state index is -3.68. The van der Waals surface area contributed by atoms with E-state index in [0.717, 1.165) is 46.8 Å². The minimum Gasteiger partial charge on any atom is -0.383 e. The molecule has 0 radical (unpaired) electrons. The molecule has 1 aliphatic rings. The zero-order valence-electron chi connectivity index (χ0n) is 20.3. The van der Waals surface area contributed by atoms with E-state index in [2.05, 4.69) is 21.0 Å². The SMILES string of the molecule is Nc1ncnc2c1c(-c1ccc3[nH]ccc3c1)nn2CCC1CCN(S(=O)(=O)c2ccc(Cl)cc2Cl)CC1. The van der Waals surface area contributed by atoms with E-state index in [1.807, 2.05) is 29.1 Å². The maximum Gasteiger partial charge on any atom is 0.244 e. The van der Waals surface area contributed by atoms with Crippen LogP contribution < -0.4 is 5.73 Å². The summed E-state index contributed by atoms with van der Waals surface area (Å²) in [6, 6.07) is 12.6. The molecule has 38 heavy (non-hydrogen) atoms. The molecule has 3 N–H and O–H groups in total. The normalized spacial score (nSPS) is 15.5. The van der Waals surface area contributed by atoms with Crippen molar-refractivity contribution < 1.29 is 8.42 Å². The van der Waals surface area contributed by atoms with E-state index in [0.29, 0.717) is 42.0 Å². The Balaban J connectivity index is 1.19. The van der Waals surface area contributed by atoms with E-state index in [4.69, 9.17) is 34.0 Å². The number of anilines is 1. The highest BCUT2D eigenvalue weighted by atomic mass is 35.5. The van der Waals surface area contributed by atoms with Gasteiger partial charge in [0.15, 0.2) is 5.65 Å². The molecule has 3 aromatic heterocycles. The van der Waals surface area contributed by atoms with Gasteiger partial charge in [-0.05, 0) is 61.6 Å². The highest BCUT2D eigenvalue weighted by molar-refractivity contribution is 7.89. The summed E-state index contributed by atoms with van der Waals surface area (Å²) < 4.78 is 29.7. The quantitative estimate of drug-likeness (QED) is 0.284. The summed E-state index contributed by atoms with van der Waals surface area (Å²) in [6.07, 6.45) is 5.70. The third-order valence-electron chi connectivity index (χ3n) is 7.22. The van der Waals surface area contributed by atoms with Crippen LogP contribution in [0.3, 0.4) is 0 Å². The van der Waals surface area contributed by atoms with Crippen LogP contribution in [-0.2, 0) is 16.6 Å². The molecule has 0 bridgehead atoms. The number of nitrogen functional groups attached to an aromatic ring is 1. The average molecular weight is 571 g/mol. The number of hydrogen-bond donors (Lipinski definition) is 2. The number of fused-ring (bicyclic) bond motifs is 2. The van der Waals surface area contributed by atoms with Crippen LogP contribution in [0.15, 0.2) is 59.9 Å². The predicted molar refractivity (Wildman–Crippen MR) is 150 cm³/mol. The largest absolute Gasteiger partial charge is 0.383 e. The summed E-state index contributed by atoms with van der Waals surface area (Å²) in [6.45, 7) is 1.51. The zero-order valence-corrected chi connectivity index (χ0v) is 22.6. The molecular weight excluding hydrogens is 545 g/mol. The Kier molecular flexibility index (Phi) is 6.51. The Bertz CT molecular complexity index is 1760. The van der Waals surface area contributed by atoms with Crippen molar-refractivity contribution in [1.82, 2.24) is 29.0 Å². The van der Waals surface area contributed by atoms with Crippen LogP contribution in [-0.4, -0.2) is 50.5 Å². The summed E-state index contributed by atoms with van der Waals surface area (Å²) in [5.41, 5.74) is 9.71. The summed E-state index contributed by atoms with van der Waals surface area (Å²) >= 11 is 12.1.